The smallest absolute Gasteiger partial charge is 0.337 e. The summed E-state index contributed by atoms with van der Waals surface area (Å²) in [6.45, 7) is 2.48. The first-order chi connectivity index (χ1) is 10.0. The number of amides is 2. The predicted molar refractivity (Wildman–Crippen MR) is 79.6 cm³/mol. The third-order valence-corrected chi connectivity index (χ3v) is 4.68. The number of aryl methyl sites for hydroxylation is 1. The van der Waals surface area contributed by atoms with Gasteiger partial charge in [0.25, 0.3) is 0 Å². The summed E-state index contributed by atoms with van der Waals surface area (Å²) in [6.07, 6.45) is 4.96. The lowest BCUT2D eigenvalue weighted by Crippen LogP contribution is -2.35. The second-order valence-corrected chi connectivity index (χ2v) is 6.25. The van der Waals surface area contributed by atoms with Gasteiger partial charge in [-0.1, -0.05) is 12.1 Å². The Labute approximate surface area is 123 Å². The average molecular weight is 288 g/mol. The number of nitrogens with one attached hydrogen (secondary N) is 2. The molecule has 1 aromatic carbocycles. The van der Waals surface area contributed by atoms with Crippen LogP contribution in [0.3, 0.4) is 0 Å². The Balaban J connectivity index is 1.63. The van der Waals surface area contributed by atoms with Crippen molar-refractivity contribution in [3.63, 3.8) is 0 Å². The van der Waals surface area contributed by atoms with E-state index in [1.807, 2.05) is 0 Å². The van der Waals surface area contributed by atoms with Crippen LogP contribution < -0.4 is 10.6 Å². The van der Waals surface area contributed by atoms with Crippen LogP contribution in [-0.4, -0.2) is 23.7 Å². The first kappa shape index (κ1) is 13.9. The third-order valence-electron chi connectivity index (χ3n) is 4.68. The van der Waals surface area contributed by atoms with Gasteiger partial charge in [0.1, 0.15) is 0 Å². The van der Waals surface area contributed by atoms with Gasteiger partial charge in [0.05, 0.1) is 11.3 Å². The first-order valence-electron chi connectivity index (χ1n) is 7.40. The molecule has 3 rings (SSSR count). The van der Waals surface area contributed by atoms with E-state index < -0.39 is 5.97 Å². The van der Waals surface area contributed by atoms with Gasteiger partial charge in [0, 0.05) is 6.54 Å². The maximum absolute atomic E-state index is 12.0. The minimum absolute atomic E-state index is 0.119. The van der Waals surface area contributed by atoms with E-state index in [4.69, 9.17) is 0 Å². The summed E-state index contributed by atoms with van der Waals surface area (Å²) >= 11 is 0. The van der Waals surface area contributed by atoms with Crippen molar-refractivity contribution in [1.82, 2.24) is 5.32 Å². The molecule has 2 aliphatic rings. The highest BCUT2D eigenvalue weighted by molar-refractivity contribution is 6.00. The zero-order chi connectivity index (χ0) is 15.0. The Kier molecular flexibility index (Phi) is 3.35. The Morgan fingerprint density at radius 1 is 1.33 bits per heavy atom. The summed E-state index contributed by atoms with van der Waals surface area (Å²) < 4.78 is 0. The standard InChI is InChI=1S/C16H20N2O3/c1-10-3-2-4-12(14(19)20)13(10)18-15(21)17-9-16(7-8-16)11-5-6-11/h2-4,11H,5-9H2,1H3,(H,19,20)(H2,17,18,21). The van der Waals surface area contributed by atoms with Gasteiger partial charge < -0.3 is 15.7 Å². The lowest BCUT2D eigenvalue weighted by Gasteiger charge is -2.17. The van der Waals surface area contributed by atoms with Gasteiger partial charge in [-0.25, -0.2) is 9.59 Å². The molecule has 21 heavy (non-hydrogen) atoms. The SMILES string of the molecule is Cc1cccc(C(=O)O)c1NC(=O)NCC1(C2CC2)CC1. The molecule has 0 spiro atoms. The fourth-order valence-corrected chi connectivity index (χ4v) is 3.01. The second kappa shape index (κ2) is 5.06. The highest BCUT2D eigenvalue weighted by Gasteiger charge is 2.53. The average Bonchev–Trinajstić information content (AvgIpc) is 3.31. The first-order valence-corrected chi connectivity index (χ1v) is 7.40. The van der Waals surface area contributed by atoms with Gasteiger partial charge in [-0.15, -0.1) is 0 Å². The molecule has 2 amide bonds. The molecule has 0 aromatic heterocycles. The second-order valence-electron chi connectivity index (χ2n) is 6.25. The highest BCUT2D eigenvalue weighted by Crippen LogP contribution is 2.60. The fraction of sp³-hybridized carbons (Fsp3) is 0.500. The van der Waals surface area contributed by atoms with Gasteiger partial charge in [-0.3, -0.25) is 0 Å². The number of hydrogen-bond donors (Lipinski definition) is 3. The summed E-state index contributed by atoms with van der Waals surface area (Å²) in [4.78, 5) is 23.3. The van der Waals surface area contributed by atoms with Crippen molar-refractivity contribution in [2.75, 3.05) is 11.9 Å². The maximum atomic E-state index is 12.0. The molecular formula is C16H20N2O3. The Morgan fingerprint density at radius 3 is 2.62 bits per heavy atom. The molecule has 0 aliphatic heterocycles. The van der Waals surface area contributed by atoms with Crippen LogP contribution in [0.15, 0.2) is 18.2 Å². The summed E-state index contributed by atoms with van der Waals surface area (Å²) in [6, 6.07) is 4.64. The molecule has 0 atom stereocenters. The zero-order valence-corrected chi connectivity index (χ0v) is 12.1. The van der Waals surface area contributed by atoms with Crippen molar-refractivity contribution < 1.29 is 14.7 Å². The van der Waals surface area contributed by atoms with Crippen molar-refractivity contribution >= 4 is 17.7 Å². The van der Waals surface area contributed by atoms with Crippen LogP contribution in [0.1, 0.15) is 41.6 Å². The number of anilines is 1. The molecule has 1 aromatic rings. The number of para-hydroxylation sites is 1. The van der Waals surface area contributed by atoms with E-state index in [0.717, 1.165) is 11.5 Å². The molecule has 2 saturated carbocycles. The van der Waals surface area contributed by atoms with Crippen molar-refractivity contribution in [1.29, 1.82) is 0 Å². The summed E-state index contributed by atoms with van der Waals surface area (Å²) in [5.41, 5.74) is 1.57. The number of urea groups is 1. The predicted octanol–water partition coefficient (Wildman–Crippen LogP) is 3.00. The molecule has 0 radical (unpaired) electrons. The number of carbonyl (C=O) groups excluding carboxylic acids is 1. The maximum Gasteiger partial charge on any atom is 0.337 e. The van der Waals surface area contributed by atoms with Crippen LogP contribution in [0.25, 0.3) is 0 Å². The van der Waals surface area contributed by atoms with Gasteiger partial charge in [0.15, 0.2) is 0 Å². The summed E-state index contributed by atoms with van der Waals surface area (Å²) in [5, 5.41) is 14.8. The molecule has 5 nitrogen and oxygen atoms in total. The van der Waals surface area contributed by atoms with E-state index in [2.05, 4.69) is 10.6 Å². The lowest BCUT2D eigenvalue weighted by molar-refractivity contribution is 0.0698. The van der Waals surface area contributed by atoms with Crippen molar-refractivity contribution in [2.24, 2.45) is 11.3 Å². The summed E-state index contributed by atoms with van der Waals surface area (Å²) in [7, 11) is 0. The molecule has 0 saturated heterocycles. The monoisotopic (exact) mass is 288 g/mol. The molecule has 112 valence electrons. The molecule has 5 heteroatoms. The topological polar surface area (TPSA) is 78.4 Å². The number of rotatable bonds is 5. The molecule has 2 fully saturated rings. The Morgan fingerprint density at radius 2 is 2.05 bits per heavy atom. The van der Waals surface area contributed by atoms with Crippen LogP contribution in [0, 0.1) is 18.3 Å². The quantitative estimate of drug-likeness (QED) is 0.779. The van der Waals surface area contributed by atoms with Crippen LogP contribution in [0.2, 0.25) is 0 Å². The molecule has 0 unspecified atom stereocenters. The summed E-state index contributed by atoms with van der Waals surface area (Å²) in [5.74, 6) is -0.253. The van der Waals surface area contributed by atoms with Gasteiger partial charge in [-0.05, 0) is 55.6 Å². The third kappa shape index (κ3) is 2.86. The van der Waals surface area contributed by atoms with Gasteiger partial charge in [-0.2, -0.15) is 0 Å². The van der Waals surface area contributed by atoms with Crippen molar-refractivity contribution in [3.8, 4) is 0 Å². The van der Waals surface area contributed by atoms with Crippen LogP contribution in [-0.2, 0) is 0 Å². The van der Waals surface area contributed by atoms with Crippen LogP contribution in [0.4, 0.5) is 10.5 Å². The molecule has 0 bridgehead atoms. The molecular weight excluding hydrogens is 268 g/mol. The lowest BCUT2D eigenvalue weighted by atomic mass is 10.0. The largest absolute Gasteiger partial charge is 0.478 e. The number of carboxylic acids is 1. The molecule has 3 N–H and O–H groups in total. The van der Waals surface area contributed by atoms with Crippen molar-refractivity contribution in [2.45, 2.75) is 32.6 Å². The minimum atomic E-state index is -1.04. The van der Waals surface area contributed by atoms with Gasteiger partial charge in [0.2, 0.25) is 0 Å². The zero-order valence-electron chi connectivity index (χ0n) is 12.1. The van der Waals surface area contributed by atoms with E-state index in [-0.39, 0.29) is 11.6 Å². The normalized spacial score (nSPS) is 18.9. The molecule has 0 heterocycles. The van der Waals surface area contributed by atoms with E-state index in [9.17, 15) is 14.7 Å². The number of carbonyl (C=O) groups is 2. The van der Waals surface area contributed by atoms with E-state index in [0.29, 0.717) is 17.6 Å². The minimum Gasteiger partial charge on any atom is -0.478 e. The highest BCUT2D eigenvalue weighted by atomic mass is 16.4. The van der Waals surface area contributed by atoms with Crippen LogP contribution >= 0.6 is 0 Å². The number of hydrogen-bond acceptors (Lipinski definition) is 2. The van der Waals surface area contributed by atoms with Crippen LogP contribution in [0.5, 0.6) is 0 Å². The van der Waals surface area contributed by atoms with E-state index >= 15 is 0 Å². The van der Waals surface area contributed by atoms with E-state index in [1.54, 1.807) is 19.1 Å². The van der Waals surface area contributed by atoms with E-state index in [1.165, 1.54) is 31.7 Å². The Hall–Kier alpha value is -2.04. The Bertz CT molecular complexity index is 589. The molecule has 2 aliphatic carbocycles. The van der Waals surface area contributed by atoms with Gasteiger partial charge >= 0.3 is 12.0 Å². The number of benzene rings is 1. The van der Waals surface area contributed by atoms with Crippen molar-refractivity contribution in [3.05, 3.63) is 29.3 Å². The number of aromatic carboxylic acids is 1. The number of carboxylic acid groups (broad SMARTS) is 1. The fourth-order valence-electron chi connectivity index (χ4n) is 3.01.